The smallest absolute Gasteiger partial charge is 0.226 e. The minimum atomic E-state index is 0.102. The van der Waals surface area contributed by atoms with Gasteiger partial charge in [0.05, 0.1) is 23.3 Å². The van der Waals surface area contributed by atoms with E-state index in [1.54, 1.807) is 30.1 Å². The first-order valence-electron chi connectivity index (χ1n) is 9.86. The third-order valence-corrected chi connectivity index (χ3v) is 7.10. The molecule has 1 aliphatic heterocycles. The van der Waals surface area contributed by atoms with Crippen LogP contribution in [-0.2, 0) is 17.6 Å². The van der Waals surface area contributed by atoms with E-state index in [9.17, 15) is 4.79 Å². The monoisotopic (exact) mass is 405 g/mol. The minimum absolute atomic E-state index is 0.102. The van der Waals surface area contributed by atoms with Crippen molar-refractivity contribution in [2.45, 2.75) is 25.7 Å². The molecule has 2 N–H and O–H groups in total. The van der Waals surface area contributed by atoms with Gasteiger partial charge in [0.15, 0.2) is 0 Å². The summed E-state index contributed by atoms with van der Waals surface area (Å²) in [6.45, 7) is 1.84. The van der Waals surface area contributed by atoms with E-state index in [1.165, 1.54) is 10.4 Å². The van der Waals surface area contributed by atoms with Crippen LogP contribution in [0.5, 0.6) is 0 Å². The number of fused-ring (bicyclic) bond motifs is 4. The number of aromatic nitrogens is 5. The van der Waals surface area contributed by atoms with Crippen LogP contribution in [0, 0.1) is 5.92 Å². The molecule has 0 spiro atoms. The van der Waals surface area contributed by atoms with Crippen molar-refractivity contribution in [3.8, 4) is 0 Å². The molecule has 1 saturated heterocycles. The zero-order chi connectivity index (χ0) is 19.4. The van der Waals surface area contributed by atoms with Crippen LogP contribution >= 0.6 is 11.3 Å². The highest BCUT2D eigenvalue weighted by molar-refractivity contribution is 7.19. The number of pyridine rings is 1. The van der Waals surface area contributed by atoms with Gasteiger partial charge in [0.1, 0.15) is 22.8 Å². The van der Waals surface area contributed by atoms with Crippen LogP contribution in [0.1, 0.15) is 23.3 Å². The van der Waals surface area contributed by atoms with Crippen LogP contribution in [0.2, 0.25) is 0 Å². The lowest BCUT2D eigenvalue weighted by molar-refractivity contribution is -0.139. The van der Waals surface area contributed by atoms with Gasteiger partial charge in [-0.2, -0.15) is 5.10 Å². The van der Waals surface area contributed by atoms with Crippen molar-refractivity contribution in [3.05, 3.63) is 35.2 Å². The Morgan fingerprint density at radius 2 is 2.17 bits per heavy atom. The highest BCUT2D eigenvalue weighted by atomic mass is 32.1. The molecule has 0 aromatic carbocycles. The lowest BCUT2D eigenvalue weighted by atomic mass is 9.86. The number of nitrogens with zero attached hydrogens (tertiary/aromatic N) is 5. The van der Waals surface area contributed by atoms with E-state index >= 15 is 0 Å². The molecular weight excluding hydrogens is 386 g/mol. The summed E-state index contributed by atoms with van der Waals surface area (Å²) in [5, 5.41) is 12.4. The number of aryl methyl sites for hydroxylation is 1. The van der Waals surface area contributed by atoms with Gasteiger partial charge in [0.25, 0.3) is 0 Å². The number of nitrogens with one attached hydrogen (secondary N) is 2. The van der Waals surface area contributed by atoms with E-state index < -0.39 is 0 Å². The molecule has 2 aliphatic rings. The molecule has 0 saturated carbocycles. The molecule has 1 fully saturated rings. The number of rotatable bonds is 3. The maximum absolute atomic E-state index is 12.7. The highest BCUT2D eigenvalue weighted by Gasteiger charge is 2.33. The Bertz CT molecular complexity index is 1240. The molecule has 29 heavy (non-hydrogen) atoms. The molecule has 6 rings (SSSR count). The van der Waals surface area contributed by atoms with E-state index in [0.29, 0.717) is 5.91 Å². The third-order valence-electron chi connectivity index (χ3n) is 5.93. The third kappa shape index (κ3) is 2.76. The minimum Gasteiger partial charge on any atom is -0.342 e. The van der Waals surface area contributed by atoms with Crippen molar-refractivity contribution in [2.75, 3.05) is 18.4 Å². The molecule has 9 heteroatoms. The van der Waals surface area contributed by atoms with Crippen molar-refractivity contribution in [1.82, 2.24) is 30.0 Å². The van der Waals surface area contributed by atoms with Crippen LogP contribution in [-0.4, -0.2) is 49.0 Å². The number of carbonyl (C=O) groups excluding carboxylic acids is 1. The average Bonchev–Trinajstić information content (AvgIpc) is 3.30. The van der Waals surface area contributed by atoms with Crippen molar-refractivity contribution >= 4 is 50.0 Å². The first-order chi connectivity index (χ1) is 14.3. The number of H-pyrrole nitrogens is 1. The summed E-state index contributed by atoms with van der Waals surface area (Å²) in [5.74, 6) is 1.92. The molecule has 4 aromatic heterocycles. The Morgan fingerprint density at radius 1 is 1.24 bits per heavy atom. The molecule has 5 heterocycles. The highest BCUT2D eigenvalue weighted by Crippen LogP contribution is 2.41. The molecule has 0 unspecified atom stereocenters. The number of hydrogen-bond donors (Lipinski definition) is 2. The van der Waals surface area contributed by atoms with Gasteiger partial charge < -0.3 is 10.2 Å². The number of anilines is 2. The predicted octanol–water partition coefficient (Wildman–Crippen LogP) is 3.04. The topological polar surface area (TPSA) is 99.7 Å². The number of aromatic amines is 1. The standard InChI is InChI=1S/C20H19N7OS/c28-20(27-4-1-5-27)11-2-3-13-15(6-11)29-19-17(13)18(22-10-23-19)25-16-7-12-8-24-26-14(12)9-21-16/h7-11H,1-6H2,(H,24,26)(H,21,22,23,25)/t11-/m0/s1. The Kier molecular flexibility index (Phi) is 3.77. The number of likely N-dealkylation sites (tertiary alicyclic amines) is 1. The van der Waals surface area contributed by atoms with E-state index in [-0.39, 0.29) is 5.92 Å². The summed E-state index contributed by atoms with van der Waals surface area (Å²) in [5.41, 5.74) is 2.18. The second kappa shape index (κ2) is 6.48. The fourth-order valence-corrected chi connectivity index (χ4v) is 5.51. The van der Waals surface area contributed by atoms with E-state index in [1.807, 2.05) is 11.0 Å². The fourth-order valence-electron chi connectivity index (χ4n) is 4.24. The van der Waals surface area contributed by atoms with Crippen LogP contribution in [0.25, 0.3) is 21.1 Å². The molecule has 8 nitrogen and oxygen atoms in total. The summed E-state index contributed by atoms with van der Waals surface area (Å²) in [6.07, 6.45) is 8.85. The van der Waals surface area contributed by atoms with Crippen molar-refractivity contribution < 1.29 is 4.79 Å². The zero-order valence-electron chi connectivity index (χ0n) is 15.7. The summed E-state index contributed by atoms with van der Waals surface area (Å²) in [6, 6.07) is 1.95. The lowest BCUT2D eigenvalue weighted by Crippen LogP contribution is -2.46. The van der Waals surface area contributed by atoms with Crippen LogP contribution in [0.15, 0.2) is 24.8 Å². The summed E-state index contributed by atoms with van der Waals surface area (Å²) in [4.78, 5) is 30.4. The van der Waals surface area contributed by atoms with Crippen LogP contribution in [0.3, 0.4) is 0 Å². The zero-order valence-corrected chi connectivity index (χ0v) is 16.5. The summed E-state index contributed by atoms with van der Waals surface area (Å²) < 4.78 is 0. The predicted molar refractivity (Wildman–Crippen MR) is 111 cm³/mol. The van der Waals surface area contributed by atoms with Gasteiger partial charge in [-0.05, 0) is 37.3 Å². The molecule has 0 radical (unpaired) electrons. The maximum Gasteiger partial charge on any atom is 0.226 e. The first kappa shape index (κ1) is 16.8. The number of carbonyl (C=O) groups is 1. The van der Waals surface area contributed by atoms with Crippen molar-refractivity contribution in [2.24, 2.45) is 5.92 Å². The lowest BCUT2D eigenvalue weighted by Gasteiger charge is -2.35. The van der Waals surface area contributed by atoms with Gasteiger partial charge in [-0.3, -0.25) is 9.89 Å². The second-order valence-corrected chi connectivity index (χ2v) is 8.76. The Morgan fingerprint density at radius 3 is 3.03 bits per heavy atom. The number of hydrogen-bond acceptors (Lipinski definition) is 7. The largest absolute Gasteiger partial charge is 0.342 e. The van der Waals surface area contributed by atoms with Crippen molar-refractivity contribution in [1.29, 1.82) is 0 Å². The van der Waals surface area contributed by atoms with Gasteiger partial charge in [-0.15, -0.1) is 11.3 Å². The normalized spacial score (nSPS) is 18.6. The van der Waals surface area contributed by atoms with Gasteiger partial charge in [0, 0.05) is 29.3 Å². The van der Waals surface area contributed by atoms with Gasteiger partial charge in [0.2, 0.25) is 5.91 Å². The molecular formula is C20H19N7OS. The summed E-state index contributed by atoms with van der Waals surface area (Å²) >= 11 is 1.69. The SMILES string of the molecule is O=C([C@H]1CCc2c(sc3ncnc(Nc4cc5cn[nH]c5cn4)c23)C1)N1CCC1. The van der Waals surface area contributed by atoms with Gasteiger partial charge in [-0.1, -0.05) is 0 Å². The molecule has 146 valence electrons. The van der Waals surface area contributed by atoms with Gasteiger partial charge in [-0.25, -0.2) is 15.0 Å². The molecule has 0 bridgehead atoms. The molecule has 1 atom stereocenters. The molecule has 1 aliphatic carbocycles. The number of thiophene rings is 1. The average molecular weight is 405 g/mol. The van der Waals surface area contributed by atoms with Crippen LogP contribution < -0.4 is 5.32 Å². The quantitative estimate of drug-likeness (QED) is 0.543. The van der Waals surface area contributed by atoms with Crippen LogP contribution in [0.4, 0.5) is 11.6 Å². The summed E-state index contributed by atoms with van der Waals surface area (Å²) in [7, 11) is 0. The van der Waals surface area contributed by atoms with Crippen molar-refractivity contribution in [3.63, 3.8) is 0 Å². The number of amides is 1. The molecule has 1 amide bonds. The molecule has 4 aromatic rings. The Labute approximate surface area is 170 Å². The second-order valence-electron chi connectivity index (χ2n) is 7.68. The Balaban J connectivity index is 1.34. The fraction of sp³-hybridized carbons (Fsp3) is 0.350. The van der Waals surface area contributed by atoms with Gasteiger partial charge >= 0.3 is 0 Å². The van der Waals surface area contributed by atoms with E-state index in [2.05, 4.69) is 30.5 Å². The Hall–Kier alpha value is -3.07. The first-order valence-corrected chi connectivity index (χ1v) is 10.7. The maximum atomic E-state index is 12.7. The van der Waals surface area contributed by atoms with E-state index in [0.717, 1.165) is 71.5 Å². The van der Waals surface area contributed by atoms with E-state index in [4.69, 9.17) is 0 Å².